The van der Waals surface area contributed by atoms with Gasteiger partial charge in [0.2, 0.25) is 10.0 Å². The molecule has 106 valence electrons. The monoisotopic (exact) mass is 287 g/mol. The van der Waals surface area contributed by atoms with Crippen LogP contribution in [0.2, 0.25) is 0 Å². The van der Waals surface area contributed by atoms with Gasteiger partial charge < -0.3 is 10.1 Å². The van der Waals surface area contributed by atoms with E-state index in [9.17, 15) is 13.2 Å². The van der Waals surface area contributed by atoms with Crippen molar-refractivity contribution in [1.29, 1.82) is 0 Å². The molecule has 0 aliphatic rings. The minimum atomic E-state index is -3.14. The van der Waals surface area contributed by atoms with Crippen LogP contribution in [0.1, 0.15) is 16.9 Å². The Kier molecular flexibility index (Phi) is 5.71. The number of anilines is 1. The first-order valence-corrected chi connectivity index (χ1v) is 7.54. The van der Waals surface area contributed by atoms with Gasteiger partial charge in [-0.15, -0.1) is 0 Å². The Morgan fingerprint density at radius 1 is 1.42 bits per heavy atom. The highest BCUT2D eigenvalue weighted by Gasteiger charge is 2.07. The maximum atomic E-state index is 11.3. The quantitative estimate of drug-likeness (QED) is 0.550. The van der Waals surface area contributed by atoms with Crippen LogP contribution in [0.5, 0.6) is 0 Å². The van der Waals surface area contributed by atoms with Gasteiger partial charge in [0, 0.05) is 25.0 Å². The number of methoxy groups -OCH3 is 1. The molecule has 0 saturated carbocycles. The highest BCUT2D eigenvalue weighted by atomic mass is 32.2. The fourth-order valence-corrected chi connectivity index (χ4v) is 1.85. The van der Waals surface area contributed by atoms with Crippen molar-refractivity contribution in [2.75, 3.05) is 31.8 Å². The van der Waals surface area contributed by atoms with Gasteiger partial charge in [0.05, 0.1) is 13.4 Å². The first-order chi connectivity index (χ1) is 8.92. The Morgan fingerprint density at radius 2 is 2.16 bits per heavy atom. The van der Waals surface area contributed by atoms with Crippen molar-refractivity contribution >= 4 is 21.7 Å². The summed E-state index contributed by atoms with van der Waals surface area (Å²) in [7, 11) is -1.85. The highest BCUT2D eigenvalue weighted by molar-refractivity contribution is 7.88. The van der Waals surface area contributed by atoms with Gasteiger partial charge in [0.1, 0.15) is 5.69 Å². The Hall–Kier alpha value is -1.67. The number of carbonyl (C=O) groups excluding carboxylic acids is 1. The topological polar surface area (TPSA) is 97.4 Å². The molecule has 0 aromatic carbocycles. The van der Waals surface area contributed by atoms with Crippen LogP contribution in [-0.2, 0) is 14.8 Å². The van der Waals surface area contributed by atoms with Crippen LogP contribution in [0.4, 0.5) is 5.69 Å². The third kappa shape index (κ3) is 6.16. The van der Waals surface area contributed by atoms with Gasteiger partial charge in [-0.2, -0.15) is 0 Å². The summed E-state index contributed by atoms with van der Waals surface area (Å²) in [6.07, 6.45) is 3.25. The van der Waals surface area contributed by atoms with Gasteiger partial charge in [-0.05, 0) is 18.6 Å². The van der Waals surface area contributed by atoms with Crippen LogP contribution in [-0.4, -0.2) is 45.8 Å². The maximum absolute atomic E-state index is 11.3. The van der Waals surface area contributed by atoms with Crippen molar-refractivity contribution in [2.45, 2.75) is 6.42 Å². The number of nitrogens with zero attached hydrogens (tertiary/aromatic N) is 1. The van der Waals surface area contributed by atoms with Crippen molar-refractivity contribution in [3.8, 4) is 0 Å². The molecule has 0 spiro atoms. The van der Waals surface area contributed by atoms with Crippen LogP contribution in [0.3, 0.4) is 0 Å². The van der Waals surface area contributed by atoms with Crippen LogP contribution < -0.4 is 10.0 Å². The number of nitrogens with one attached hydrogen (secondary N) is 2. The molecule has 2 N–H and O–H groups in total. The molecule has 0 fully saturated rings. The lowest BCUT2D eigenvalue weighted by molar-refractivity contribution is 0.0594. The minimum Gasteiger partial charge on any atom is -0.464 e. The van der Waals surface area contributed by atoms with Gasteiger partial charge in [0.25, 0.3) is 0 Å². The van der Waals surface area contributed by atoms with Gasteiger partial charge in [-0.1, -0.05) is 0 Å². The minimum absolute atomic E-state index is 0.224. The number of pyridine rings is 1. The number of sulfonamides is 1. The molecule has 1 aromatic rings. The van der Waals surface area contributed by atoms with E-state index in [0.717, 1.165) is 11.9 Å². The summed E-state index contributed by atoms with van der Waals surface area (Å²) in [6.45, 7) is 0.938. The second-order valence-corrected chi connectivity index (χ2v) is 5.70. The molecular weight excluding hydrogens is 270 g/mol. The molecule has 0 saturated heterocycles. The van der Waals surface area contributed by atoms with Crippen LogP contribution in [0, 0.1) is 0 Å². The van der Waals surface area contributed by atoms with E-state index in [0.29, 0.717) is 19.5 Å². The van der Waals surface area contributed by atoms with Crippen LogP contribution >= 0.6 is 0 Å². The highest BCUT2D eigenvalue weighted by Crippen LogP contribution is 2.08. The van der Waals surface area contributed by atoms with E-state index in [-0.39, 0.29) is 5.69 Å². The lowest BCUT2D eigenvalue weighted by Crippen LogP contribution is -2.24. The summed E-state index contributed by atoms with van der Waals surface area (Å²) < 4.78 is 28.6. The second-order valence-electron chi connectivity index (χ2n) is 3.87. The van der Waals surface area contributed by atoms with Gasteiger partial charge >= 0.3 is 5.97 Å². The maximum Gasteiger partial charge on any atom is 0.356 e. The Labute approximate surface area is 112 Å². The van der Waals surface area contributed by atoms with E-state index in [4.69, 9.17) is 0 Å². The summed E-state index contributed by atoms with van der Waals surface area (Å²) in [4.78, 5) is 15.1. The Morgan fingerprint density at radius 3 is 2.79 bits per heavy atom. The van der Waals surface area contributed by atoms with Crippen molar-refractivity contribution in [1.82, 2.24) is 9.71 Å². The molecule has 1 heterocycles. The zero-order valence-corrected chi connectivity index (χ0v) is 11.7. The predicted octanol–water partition coefficient (Wildman–Crippen LogP) is 0.219. The Balaban J connectivity index is 2.39. The molecule has 1 rings (SSSR count). The SMILES string of the molecule is COC(=O)c1cc(NCCCNS(C)(=O)=O)ccn1. The molecule has 0 amide bonds. The Bertz CT molecular complexity index is 530. The average Bonchev–Trinajstić information content (AvgIpc) is 2.36. The van der Waals surface area contributed by atoms with Gasteiger partial charge in [0.15, 0.2) is 0 Å². The summed E-state index contributed by atoms with van der Waals surface area (Å²) in [5.74, 6) is -0.498. The summed E-state index contributed by atoms with van der Waals surface area (Å²) in [5, 5.41) is 3.07. The molecule has 1 aromatic heterocycles. The lowest BCUT2D eigenvalue weighted by Gasteiger charge is -2.07. The zero-order chi connectivity index (χ0) is 14.3. The zero-order valence-electron chi connectivity index (χ0n) is 10.8. The van der Waals surface area contributed by atoms with Gasteiger partial charge in [-0.25, -0.2) is 22.9 Å². The normalized spacial score (nSPS) is 11.1. The molecule has 8 heteroatoms. The summed E-state index contributed by atoms with van der Waals surface area (Å²) in [5.41, 5.74) is 0.955. The largest absolute Gasteiger partial charge is 0.464 e. The van der Waals surface area contributed by atoms with E-state index in [2.05, 4.69) is 19.8 Å². The van der Waals surface area contributed by atoms with Crippen LogP contribution in [0.15, 0.2) is 18.3 Å². The third-order valence-electron chi connectivity index (χ3n) is 2.20. The van der Waals surface area contributed by atoms with Gasteiger partial charge in [-0.3, -0.25) is 0 Å². The number of rotatable bonds is 7. The number of esters is 1. The van der Waals surface area contributed by atoms with E-state index >= 15 is 0 Å². The number of hydrogen-bond donors (Lipinski definition) is 2. The summed E-state index contributed by atoms with van der Waals surface area (Å²) in [6, 6.07) is 3.30. The van der Waals surface area contributed by atoms with E-state index in [1.807, 2.05) is 0 Å². The lowest BCUT2D eigenvalue weighted by atomic mass is 10.3. The average molecular weight is 287 g/mol. The number of hydrogen-bond acceptors (Lipinski definition) is 6. The first kappa shape index (κ1) is 15.4. The van der Waals surface area contributed by atoms with Crippen molar-refractivity contribution in [3.05, 3.63) is 24.0 Å². The van der Waals surface area contributed by atoms with E-state index < -0.39 is 16.0 Å². The predicted molar refractivity (Wildman–Crippen MR) is 71.5 cm³/mol. The van der Waals surface area contributed by atoms with Crippen molar-refractivity contribution < 1.29 is 17.9 Å². The molecule has 0 aliphatic heterocycles. The molecule has 0 radical (unpaired) electrons. The van der Waals surface area contributed by atoms with Crippen molar-refractivity contribution in [3.63, 3.8) is 0 Å². The molecule has 0 aliphatic carbocycles. The smallest absolute Gasteiger partial charge is 0.356 e. The van der Waals surface area contributed by atoms with Crippen LogP contribution in [0.25, 0.3) is 0 Å². The molecule has 19 heavy (non-hydrogen) atoms. The molecular formula is C11H17N3O4S. The second kappa shape index (κ2) is 7.05. The van der Waals surface area contributed by atoms with Crippen molar-refractivity contribution in [2.24, 2.45) is 0 Å². The number of ether oxygens (including phenoxy) is 1. The molecule has 7 nitrogen and oxygen atoms in total. The van der Waals surface area contributed by atoms with E-state index in [1.165, 1.54) is 13.3 Å². The fourth-order valence-electron chi connectivity index (χ4n) is 1.34. The summed E-state index contributed by atoms with van der Waals surface area (Å²) >= 11 is 0. The standard InChI is InChI=1S/C11H17N3O4S/c1-18-11(15)10-8-9(4-7-13-10)12-5-3-6-14-19(2,16)17/h4,7-8,14H,3,5-6H2,1-2H3,(H,12,13). The molecule has 0 bridgehead atoms. The third-order valence-corrected chi connectivity index (χ3v) is 2.93. The number of aromatic nitrogens is 1. The fraction of sp³-hybridized carbons (Fsp3) is 0.455. The molecule has 0 atom stereocenters. The number of carbonyl (C=O) groups is 1. The molecule has 0 unspecified atom stereocenters. The van der Waals surface area contributed by atoms with E-state index in [1.54, 1.807) is 12.1 Å². The first-order valence-electron chi connectivity index (χ1n) is 5.65.